The number of fused-ring (bicyclic) bond motifs is 1. The molecule has 1 aliphatic heterocycles. The predicted octanol–water partition coefficient (Wildman–Crippen LogP) is -0.317. The number of esters is 2. The van der Waals surface area contributed by atoms with Gasteiger partial charge in [-0.25, -0.2) is 18.7 Å². The summed E-state index contributed by atoms with van der Waals surface area (Å²) >= 11 is 0. The number of ether oxygens (including phenoxy) is 2. The lowest BCUT2D eigenvalue weighted by atomic mass is 9.85. The zero-order chi connectivity index (χ0) is 20.6. The highest BCUT2D eigenvalue weighted by atomic mass is 32.2. The zero-order valence-corrected chi connectivity index (χ0v) is 16.5. The van der Waals surface area contributed by atoms with Crippen LogP contribution in [0.5, 0.6) is 0 Å². The molecule has 0 saturated heterocycles. The summed E-state index contributed by atoms with van der Waals surface area (Å²) in [6.07, 6.45) is 6.90. The molecule has 11 nitrogen and oxygen atoms in total. The molecule has 2 atom stereocenters. The van der Waals surface area contributed by atoms with Crippen LogP contribution in [0.2, 0.25) is 0 Å². The molecule has 0 spiro atoms. The van der Waals surface area contributed by atoms with Gasteiger partial charge >= 0.3 is 22.1 Å². The number of aromatic nitrogens is 4. The summed E-state index contributed by atoms with van der Waals surface area (Å²) in [7, 11) is 1.39. The molecule has 3 heterocycles. The van der Waals surface area contributed by atoms with Gasteiger partial charge in [0.15, 0.2) is 0 Å². The van der Waals surface area contributed by atoms with E-state index in [4.69, 9.17) is 9.47 Å². The summed E-state index contributed by atoms with van der Waals surface area (Å²) in [6, 6.07) is -0.845. The molecular formula is C16H19N5O6S. The Morgan fingerprint density at radius 2 is 1.89 bits per heavy atom. The molecule has 28 heavy (non-hydrogen) atoms. The monoisotopic (exact) mass is 409 g/mol. The second-order valence-corrected chi connectivity index (χ2v) is 8.23. The molecule has 0 radical (unpaired) electrons. The third-order valence-corrected chi connectivity index (χ3v) is 6.09. The lowest BCUT2D eigenvalue weighted by Crippen LogP contribution is -2.36. The second kappa shape index (κ2) is 7.20. The number of carbonyl (C=O) groups excluding carboxylic acids is 2. The Morgan fingerprint density at radius 1 is 1.18 bits per heavy atom. The standard InChI is InChI=1S/C16H19N5O6S/c1-19(2)28(24,25)20-7-12(18-9-20)14-13(16(23)27-4)11(15(22)26-3)5-10-6-17-8-21(10)14/h5-9,13-14H,1-4H3/t13-,14+/m1/s1. The molecule has 0 aromatic carbocycles. The van der Waals surface area contributed by atoms with Crippen molar-refractivity contribution in [3.05, 3.63) is 42.0 Å². The fourth-order valence-corrected chi connectivity index (χ4v) is 3.81. The first-order valence-electron chi connectivity index (χ1n) is 8.08. The van der Waals surface area contributed by atoms with Crippen molar-refractivity contribution in [1.29, 1.82) is 0 Å². The maximum atomic E-state index is 12.6. The minimum absolute atomic E-state index is 0.0670. The van der Waals surface area contributed by atoms with Crippen LogP contribution in [0.1, 0.15) is 17.4 Å². The summed E-state index contributed by atoms with van der Waals surface area (Å²) in [5.74, 6) is -2.48. The molecule has 0 aliphatic carbocycles. The highest BCUT2D eigenvalue weighted by Gasteiger charge is 2.43. The maximum Gasteiger partial charge on any atom is 0.334 e. The van der Waals surface area contributed by atoms with Crippen LogP contribution in [0.4, 0.5) is 0 Å². The molecule has 1 aliphatic rings. The van der Waals surface area contributed by atoms with Crippen molar-refractivity contribution in [1.82, 2.24) is 22.8 Å². The van der Waals surface area contributed by atoms with Crippen LogP contribution in [0.25, 0.3) is 6.08 Å². The van der Waals surface area contributed by atoms with Gasteiger partial charge in [-0.3, -0.25) is 4.79 Å². The van der Waals surface area contributed by atoms with E-state index in [1.807, 2.05) is 0 Å². The summed E-state index contributed by atoms with van der Waals surface area (Å²) in [5, 5.41) is 0. The van der Waals surface area contributed by atoms with Crippen LogP contribution in [-0.2, 0) is 29.3 Å². The number of imidazole rings is 2. The Labute approximate surface area is 161 Å². The van der Waals surface area contributed by atoms with Crippen molar-refractivity contribution >= 4 is 28.2 Å². The summed E-state index contributed by atoms with van der Waals surface area (Å²) in [4.78, 5) is 33.1. The molecule has 0 amide bonds. The van der Waals surface area contributed by atoms with Crippen LogP contribution in [0.3, 0.4) is 0 Å². The first-order chi connectivity index (χ1) is 13.2. The minimum atomic E-state index is -3.80. The number of hydrogen-bond acceptors (Lipinski definition) is 8. The Morgan fingerprint density at radius 3 is 2.50 bits per heavy atom. The molecule has 0 unspecified atom stereocenters. The summed E-state index contributed by atoms with van der Waals surface area (Å²) in [6.45, 7) is 0. The van der Waals surface area contributed by atoms with Crippen LogP contribution in [0.15, 0.2) is 30.6 Å². The second-order valence-electron chi connectivity index (χ2n) is 6.18. The van der Waals surface area contributed by atoms with Gasteiger partial charge in [-0.1, -0.05) is 0 Å². The first-order valence-corrected chi connectivity index (χ1v) is 9.48. The van der Waals surface area contributed by atoms with Gasteiger partial charge < -0.3 is 14.0 Å². The van der Waals surface area contributed by atoms with E-state index in [2.05, 4.69) is 9.97 Å². The van der Waals surface area contributed by atoms with Gasteiger partial charge in [0.2, 0.25) is 0 Å². The number of methoxy groups -OCH3 is 2. The van der Waals surface area contributed by atoms with E-state index in [1.54, 1.807) is 4.57 Å². The zero-order valence-electron chi connectivity index (χ0n) is 15.6. The molecule has 2 aromatic rings. The maximum absolute atomic E-state index is 12.6. The number of rotatable bonds is 5. The van der Waals surface area contributed by atoms with Crippen LogP contribution < -0.4 is 0 Å². The van der Waals surface area contributed by atoms with Gasteiger partial charge in [0.1, 0.15) is 12.2 Å². The number of nitrogens with zero attached hydrogens (tertiary/aromatic N) is 5. The van der Waals surface area contributed by atoms with Gasteiger partial charge in [-0.15, -0.1) is 0 Å². The first kappa shape index (κ1) is 19.8. The van der Waals surface area contributed by atoms with E-state index in [0.29, 0.717) is 5.69 Å². The average Bonchev–Trinajstić information content (AvgIpc) is 3.34. The predicted molar refractivity (Wildman–Crippen MR) is 96.1 cm³/mol. The third-order valence-electron chi connectivity index (χ3n) is 4.44. The quantitative estimate of drug-likeness (QED) is 0.615. The largest absolute Gasteiger partial charge is 0.468 e. The van der Waals surface area contributed by atoms with Gasteiger partial charge in [0, 0.05) is 20.3 Å². The van der Waals surface area contributed by atoms with Crippen LogP contribution in [-0.4, -0.2) is 71.5 Å². The van der Waals surface area contributed by atoms with E-state index in [1.165, 1.54) is 53.1 Å². The Kier molecular flexibility index (Phi) is 5.08. The third kappa shape index (κ3) is 3.10. The highest BCUT2D eigenvalue weighted by Crippen LogP contribution is 2.38. The van der Waals surface area contributed by atoms with Gasteiger partial charge in [-0.2, -0.15) is 12.7 Å². The fourth-order valence-electron chi connectivity index (χ4n) is 3.03. The lowest BCUT2D eigenvalue weighted by molar-refractivity contribution is -0.148. The fraction of sp³-hybridized carbons (Fsp3) is 0.375. The Balaban J connectivity index is 2.18. The lowest BCUT2D eigenvalue weighted by Gasteiger charge is -2.30. The molecule has 150 valence electrons. The van der Waals surface area contributed by atoms with Crippen molar-refractivity contribution in [2.24, 2.45) is 5.92 Å². The topological polar surface area (TPSA) is 126 Å². The van der Waals surface area contributed by atoms with Crippen molar-refractivity contribution in [3.63, 3.8) is 0 Å². The highest BCUT2D eigenvalue weighted by molar-refractivity contribution is 7.87. The molecule has 0 saturated carbocycles. The normalized spacial score (nSPS) is 19.1. The SMILES string of the molecule is COC(=O)C1=Cc2cncn2[C@@H](c2cn(S(=O)(=O)N(C)C)cn2)[C@@H]1C(=O)OC. The molecule has 2 aromatic heterocycles. The van der Waals surface area contributed by atoms with Gasteiger partial charge in [0.25, 0.3) is 0 Å². The van der Waals surface area contributed by atoms with E-state index < -0.39 is 34.1 Å². The minimum Gasteiger partial charge on any atom is -0.468 e. The van der Waals surface area contributed by atoms with Crippen LogP contribution in [0, 0.1) is 5.92 Å². The van der Waals surface area contributed by atoms with Crippen molar-refractivity contribution in [3.8, 4) is 0 Å². The molecular weight excluding hydrogens is 390 g/mol. The summed E-state index contributed by atoms with van der Waals surface area (Å²) in [5.41, 5.74) is 0.850. The molecule has 12 heteroatoms. The van der Waals surface area contributed by atoms with Crippen molar-refractivity contribution in [2.45, 2.75) is 6.04 Å². The molecule has 0 bridgehead atoms. The molecule has 0 N–H and O–H groups in total. The smallest absolute Gasteiger partial charge is 0.334 e. The van der Waals surface area contributed by atoms with Crippen molar-refractivity contribution < 1.29 is 27.5 Å². The molecule has 3 rings (SSSR count). The van der Waals surface area contributed by atoms with E-state index >= 15 is 0 Å². The Hall–Kier alpha value is -2.99. The van der Waals surface area contributed by atoms with Gasteiger partial charge in [-0.05, 0) is 6.08 Å². The van der Waals surface area contributed by atoms with Crippen LogP contribution >= 0.6 is 0 Å². The number of carbonyl (C=O) groups is 2. The van der Waals surface area contributed by atoms with Gasteiger partial charge in [0.05, 0.1) is 49.7 Å². The van der Waals surface area contributed by atoms with E-state index in [9.17, 15) is 18.0 Å². The van der Waals surface area contributed by atoms with E-state index in [0.717, 1.165) is 14.6 Å². The summed E-state index contributed by atoms with van der Waals surface area (Å²) < 4.78 is 38.0. The average molecular weight is 409 g/mol. The molecule has 0 fully saturated rings. The number of hydrogen-bond donors (Lipinski definition) is 0. The van der Waals surface area contributed by atoms with E-state index in [-0.39, 0.29) is 11.3 Å². The Bertz CT molecular complexity index is 1050. The van der Waals surface area contributed by atoms with Crippen molar-refractivity contribution in [2.75, 3.05) is 28.3 Å².